The first-order valence-electron chi connectivity index (χ1n) is 12.2. The maximum absolute atomic E-state index is 15.3. The third kappa shape index (κ3) is 4.06. The fourth-order valence-electron chi connectivity index (χ4n) is 5.39. The molecule has 10 nitrogen and oxygen atoms in total. The van der Waals surface area contributed by atoms with E-state index in [2.05, 4.69) is 35.4 Å². The van der Waals surface area contributed by atoms with Crippen LogP contribution in [0.5, 0.6) is 17.5 Å². The van der Waals surface area contributed by atoms with Crippen LogP contribution in [0.4, 0.5) is 10.2 Å². The van der Waals surface area contributed by atoms with Gasteiger partial charge in [0.05, 0.1) is 43.9 Å². The van der Waals surface area contributed by atoms with Gasteiger partial charge in [0, 0.05) is 23.7 Å². The molecule has 0 radical (unpaired) electrons. The van der Waals surface area contributed by atoms with Crippen LogP contribution in [0.25, 0.3) is 22.6 Å². The number of aromatic hydroxyl groups is 1. The Hall–Kier alpha value is -3.60. The number of halogens is 1. The minimum Gasteiger partial charge on any atom is -0.507 e. The van der Waals surface area contributed by atoms with Crippen LogP contribution in [0.3, 0.4) is 0 Å². The Kier molecular flexibility index (Phi) is 5.79. The van der Waals surface area contributed by atoms with E-state index < -0.39 is 6.17 Å². The van der Waals surface area contributed by atoms with E-state index in [0.29, 0.717) is 34.5 Å². The number of rotatable bonds is 7. The Bertz CT molecular complexity index is 1260. The summed E-state index contributed by atoms with van der Waals surface area (Å²) in [5.41, 5.74) is 1.59. The SMILES string of the molecule is COc1ncc(-c2ccc(-c3ncc(N(C4CC4)[C@H]4C[C@@H]5CC[C@@H](N5)[C@H]4F)nn3)c(O)c2)nc1OC. The molecular formula is C25H28FN7O3. The normalized spacial score (nSPS) is 25.0. The summed E-state index contributed by atoms with van der Waals surface area (Å²) in [6.07, 6.45) is 6.96. The number of piperidine rings is 1. The highest BCUT2D eigenvalue weighted by molar-refractivity contribution is 5.71. The summed E-state index contributed by atoms with van der Waals surface area (Å²) < 4.78 is 25.6. The highest BCUT2D eigenvalue weighted by Crippen LogP contribution is 2.40. The Morgan fingerprint density at radius 3 is 2.56 bits per heavy atom. The molecule has 11 heteroatoms. The van der Waals surface area contributed by atoms with Crippen molar-refractivity contribution < 1.29 is 19.0 Å². The maximum Gasteiger partial charge on any atom is 0.278 e. The van der Waals surface area contributed by atoms with Crippen molar-refractivity contribution in [3.05, 3.63) is 30.6 Å². The second-order valence-corrected chi connectivity index (χ2v) is 9.58. The van der Waals surface area contributed by atoms with Gasteiger partial charge >= 0.3 is 0 Å². The van der Waals surface area contributed by atoms with Crippen molar-refractivity contribution >= 4 is 5.82 Å². The van der Waals surface area contributed by atoms with Gasteiger partial charge in [-0.25, -0.2) is 19.3 Å². The number of alkyl halides is 1. The number of fused-ring (bicyclic) bond motifs is 2. The number of aromatic nitrogens is 5. The minimum atomic E-state index is -0.943. The monoisotopic (exact) mass is 493 g/mol. The molecule has 3 aromatic rings. The fourth-order valence-corrected chi connectivity index (χ4v) is 5.39. The maximum atomic E-state index is 15.3. The molecule has 1 aromatic carbocycles. The van der Waals surface area contributed by atoms with Gasteiger partial charge in [0.15, 0.2) is 11.6 Å². The van der Waals surface area contributed by atoms with Crippen molar-refractivity contribution in [1.82, 2.24) is 30.5 Å². The number of phenolic OH excluding ortho intramolecular Hbond substituents is 1. The summed E-state index contributed by atoms with van der Waals surface area (Å²) in [5, 5.41) is 22.9. The molecule has 4 atom stereocenters. The van der Waals surface area contributed by atoms with E-state index in [1.54, 1.807) is 30.6 Å². The fraction of sp³-hybridized carbons (Fsp3) is 0.480. The van der Waals surface area contributed by atoms with Gasteiger partial charge in [-0.1, -0.05) is 6.07 Å². The van der Waals surface area contributed by atoms with E-state index >= 15 is 4.39 Å². The lowest BCUT2D eigenvalue weighted by Crippen LogP contribution is -2.57. The average Bonchev–Trinajstić information content (AvgIpc) is 3.66. The molecule has 6 rings (SSSR count). The molecular weight excluding hydrogens is 465 g/mol. The third-order valence-electron chi connectivity index (χ3n) is 7.30. The smallest absolute Gasteiger partial charge is 0.278 e. The van der Waals surface area contributed by atoms with Crippen molar-refractivity contribution in [2.75, 3.05) is 19.1 Å². The molecule has 0 amide bonds. The molecule has 3 aliphatic rings. The number of methoxy groups -OCH3 is 2. The highest BCUT2D eigenvalue weighted by atomic mass is 19.1. The summed E-state index contributed by atoms with van der Waals surface area (Å²) in [6.45, 7) is 0. The van der Waals surface area contributed by atoms with Gasteiger partial charge in [-0.2, -0.15) is 0 Å². The van der Waals surface area contributed by atoms with Gasteiger partial charge in [0.25, 0.3) is 11.8 Å². The Morgan fingerprint density at radius 2 is 1.86 bits per heavy atom. The van der Waals surface area contributed by atoms with Gasteiger partial charge < -0.3 is 24.8 Å². The zero-order chi connectivity index (χ0) is 24.8. The van der Waals surface area contributed by atoms with Crippen LogP contribution in [0.15, 0.2) is 30.6 Å². The van der Waals surface area contributed by atoms with Crippen LogP contribution in [-0.2, 0) is 0 Å². The molecule has 0 unspecified atom stereocenters. The second-order valence-electron chi connectivity index (χ2n) is 9.58. The quantitative estimate of drug-likeness (QED) is 0.509. The van der Waals surface area contributed by atoms with E-state index in [-0.39, 0.29) is 35.6 Å². The van der Waals surface area contributed by atoms with E-state index in [9.17, 15) is 5.11 Å². The zero-order valence-corrected chi connectivity index (χ0v) is 20.1. The molecule has 188 valence electrons. The number of nitrogens with zero attached hydrogens (tertiary/aromatic N) is 6. The van der Waals surface area contributed by atoms with Crippen LogP contribution >= 0.6 is 0 Å². The van der Waals surface area contributed by atoms with E-state index in [4.69, 9.17) is 9.47 Å². The second kappa shape index (κ2) is 9.12. The van der Waals surface area contributed by atoms with Gasteiger partial charge in [-0.3, -0.25) is 0 Å². The molecule has 36 heavy (non-hydrogen) atoms. The molecule has 1 aliphatic carbocycles. The Morgan fingerprint density at radius 1 is 1.03 bits per heavy atom. The number of hydrogen-bond acceptors (Lipinski definition) is 10. The summed E-state index contributed by atoms with van der Waals surface area (Å²) in [6, 6.07) is 5.41. The summed E-state index contributed by atoms with van der Waals surface area (Å²) in [5.74, 6) is 1.39. The van der Waals surface area contributed by atoms with Gasteiger partial charge in [0.2, 0.25) is 0 Å². The number of ether oxygens (including phenoxy) is 2. The van der Waals surface area contributed by atoms with Crippen molar-refractivity contribution in [3.8, 4) is 40.2 Å². The molecule has 2 aliphatic heterocycles. The molecule has 2 saturated heterocycles. The van der Waals surface area contributed by atoms with Crippen molar-refractivity contribution in [2.24, 2.45) is 0 Å². The average molecular weight is 494 g/mol. The van der Waals surface area contributed by atoms with Crippen LogP contribution in [-0.4, -0.2) is 74.8 Å². The van der Waals surface area contributed by atoms with Crippen molar-refractivity contribution in [3.63, 3.8) is 0 Å². The van der Waals surface area contributed by atoms with Gasteiger partial charge in [-0.15, -0.1) is 10.2 Å². The lowest BCUT2D eigenvalue weighted by atomic mass is 9.96. The molecule has 4 heterocycles. The van der Waals surface area contributed by atoms with Crippen LogP contribution in [0.1, 0.15) is 32.1 Å². The largest absolute Gasteiger partial charge is 0.507 e. The number of phenols is 1. The van der Waals surface area contributed by atoms with Gasteiger partial charge in [-0.05, 0) is 44.2 Å². The third-order valence-corrected chi connectivity index (χ3v) is 7.30. The van der Waals surface area contributed by atoms with Crippen LogP contribution < -0.4 is 19.7 Å². The summed E-state index contributed by atoms with van der Waals surface area (Å²) >= 11 is 0. The molecule has 2 N–H and O–H groups in total. The molecule has 1 saturated carbocycles. The predicted octanol–water partition coefficient (Wildman–Crippen LogP) is 2.92. The lowest BCUT2D eigenvalue weighted by Gasteiger charge is -2.40. The Balaban J connectivity index is 1.25. The Labute approximate surface area is 207 Å². The van der Waals surface area contributed by atoms with Crippen molar-refractivity contribution in [1.29, 1.82) is 0 Å². The van der Waals surface area contributed by atoms with E-state index in [1.165, 1.54) is 14.2 Å². The molecule has 3 fully saturated rings. The molecule has 2 aromatic heterocycles. The molecule has 2 bridgehead atoms. The van der Waals surface area contributed by atoms with Gasteiger partial charge in [0.1, 0.15) is 11.9 Å². The first-order valence-corrected chi connectivity index (χ1v) is 12.2. The van der Waals surface area contributed by atoms with Crippen LogP contribution in [0.2, 0.25) is 0 Å². The van der Waals surface area contributed by atoms with Crippen molar-refractivity contribution in [2.45, 2.75) is 62.4 Å². The first-order chi connectivity index (χ1) is 17.6. The standard InChI is InChI=1S/C25H28FN7O3/c1-35-24-25(36-2)30-18(11-28-24)13-3-7-16(20(34)9-13)23-27-12-21(31-32-23)33(15-5-6-15)19-10-14-4-8-17(29-14)22(19)26/h3,7,9,11-12,14-15,17,19,22,29,34H,4-6,8,10H2,1-2H3/t14-,17+,19-,22+/m0/s1. The topological polar surface area (TPSA) is 118 Å². The van der Waals surface area contributed by atoms with E-state index in [1.807, 2.05) is 0 Å². The number of anilines is 1. The number of hydrogen-bond donors (Lipinski definition) is 2. The summed E-state index contributed by atoms with van der Waals surface area (Å²) in [4.78, 5) is 15.2. The lowest BCUT2D eigenvalue weighted by molar-refractivity contribution is 0.171. The summed E-state index contributed by atoms with van der Waals surface area (Å²) in [7, 11) is 2.97. The predicted molar refractivity (Wildman–Crippen MR) is 130 cm³/mol. The van der Waals surface area contributed by atoms with Crippen LogP contribution in [0, 0.1) is 0 Å². The number of nitrogens with one attached hydrogen (secondary N) is 1. The first kappa shape index (κ1) is 22.8. The zero-order valence-electron chi connectivity index (χ0n) is 20.1. The molecule has 0 spiro atoms. The number of benzene rings is 1. The minimum absolute atomic E-state index is 0.0172. The van der Waals surface area contributed by atoms with E-state index in [0.717, 1.165) is 32.1 Å². The highest BCUT2D eigenvalue weighted by Gasteiger charge is 2.48.